The van der Waals surface area contributed by atoms with Gasteiger partial charge in [0, 0.05) is 28.2 Å². The number of nitrogens with zero attached hydrogens (tertiary/aromatic N) is 2. The van der Waals surface area contributed by atoms with Crippen LogP contribution in [0.15, 0.2) is 77.7 Å². The molecule has 0 saturated heterocycles. The van der Waals surface area contributed by atoms with Crippen molar-refractivity contribution in [2.24, 2.45) is 0 Å². The molecule has 1 atom stereocenters. The Kier molecular flexibility index (Phi) is 10.4. The van der Waals surface area contributed by atoms with Gasteiger partial charge in [0.05, 0.1) is 10.6 Å². The molecule has 1 unspecified atom stereocenters. The molecule has 11 heteroatoms. The fourth-order valence-electron chi connectivity index (χ4n) is 3.72. The van der Waals surface area contributed by atoms with E-state index in [1.54, 1.807) is 49.4 Å². The molecule has 0 saturated carbocycles. The molecule has 0 heterocycles. The third-order valence-corrected chi connectivity index (χ3v) is 8.35. The van der Waals surface area contributed by atoms with E-state index in [1.165, 1.54) is 35.2 Å². The highest BCUT2D eigenvalue weighted by Gasteiger charge is 2.33. The van der Waals surface area contributed by atoms with E-state index in [0.29, 0.717) is 17.1 Å². The number of hydrogen-bond donors (Lipinski definition) is 1. The standard InChI is InChI=1S/C27H28Cl3N3O4S/c1-3-13-31-27(35)19(2)32(17-20-9-7-8-12-25(20)30)26(34)18-33(23-15-21(28)14-22(29)16-23)38(36,37)24-10-5-4-6-11-24/h4-12,14-16,19H,3,13,17-18H2,1-2H3,(H,31,35). The van der Waals surface area contributed by atoms with Crippen molar-refractivity contribution < 1.29 is 18.0 Å². The zero-order valence-corrected chi connectivity index (χ0v) is 24.0. The van der Waals surface area contributed by atoms with Gasteiger partial charge in [0.15, 0.2) is 0 Å². The molecule has 38 heavy (non-hydrogen) atoms. The summed E-state index contributed by atoms with van der Waals surface area (Å²) in [5.41, 5.74) is 0.724. The molecule has 0 spiro atoms. The van der Waals surface area contributed by atoms with Crippen LogP contribution in [0.5, 0.6) is 0 Å². The number of anilines is 1. The molecule has 3 aromatic rings. The molecule has 0 radical (unpaired) electrons. The molecule has 0 aliphatic heterocycles. The maximum atomic E-state index is 13.8. The van der Waals surface area contributed by atoms with Crippen molar-refractivity contribution in [3.63, 3.8) is 0 Å². The lowest BCUT2D eigenvalue weighted by Crippen LogP contribution is -2.51. The lowest BCUT2D eigenvalue weighted by molar-refractivity contribution is -0.139. The van der Waals surface area contributed by atoms with Crippen LogP contribution in [-0.4, -0.2) is 44.3 Å². The SMILES string of the molecule is CCCNC(=O)C(C)N(Cc1ccccc1Cl)C(=O)CN(c1cc(Cl)cc(Cl)c1)S(=O)(=O)c1ccccc1. The van der Waals surface area contributed by atoms with Crippen molar-refractivity contribution >= 4 is 62.3 Å². The summed E-state index contributed by atoms with van der Waals surface area (Å²) in [5.74, 6) is -0.977. The number of carbonyl (C=O) groups excluding carboxylic acids is 2. The summed E-state index contributed by atoms with van der Waals surface area (Å²) in [6.45, 7) is 3.33. The molecule has 0 aromatic heterocycles. The number of benzene rings is 3. The summed E-state index contributed by atoms with van der Waals surface area (Å²) < 4.78 is 28.4. The van der Waals surface area contributed by atoms with Gasteiger partial charge in [-0.05, 0) is 55.3 Å². The van der Waals surface area contributed by atoms with Crippen molar-refractivity contribution in [3.05, 3.63) is 93.4 Å². The highest BCUT2D eigenvalue weighted by molar-refractivity contribution is 7.92. The second kappa shape index (κ2) is 13.3. The minimum Gasteiger partial charge on any atom is -0.354 e. The molecule has 202 valence electrons. The van der Waals surface area contributed by atoms with Gasteiger partial charge in [0.1, 0.15) is 12.6 Å². The minimum atomic E-state index is -4.22. The fraction of sp³-hybridized carbons (Fsp3) is 0.259. The van der Waals surface area contributed by atoms with Gasteiger partial charge in [0.2, 0.25) is 11.8 Å². The highest BCUT2D eigenvalue weighted by atomic mass is 35.5. The van der Waals surface area contributed by atoms with E-state index in [4.69, 9.17) is 34.8 Å². The minimum absolute atomic E-state index is 0.00521. The number of carbonyl (C=O) groups is 2. The van der Waals surface area contributed by atoms with Crippen LogP contribution in [0, 0.1) is 0 Å². The van der Waals surface area contributed by atoms with Crippen molar-refractivity contribution in [2.75, 3.05) is 17.4 Å². The summed E-state index contributed by atoms with van der Waals surface area (Å²) in [4.78, 5) is 28.0. The Hall–Kier alpha value is -2.78. The largest absolute Gasteiger partial charge is 0.354 e. The van der Waals surface area contributed by atoms with Gasteiger partial charge in [-0.25, -0.2) is 8.42 Å². The topological polar surface area (TPSA) is 86.8 Å². The first-order valence-corrected chi connectivity index (χ1v) is 14.5. The Morgan fingerprint density at radius 1 is 0.921 bits per heavy atom. The quantitative estimate of drug-likeness (QED) is 0.304. The monoisotopic (exact) mass is 595 g/mol. The van der Waals surface area contributed by atoms with Gasteiger partial charge in [-0.2, -0.15) is 0 Å². The number of amides is 2. The van der Waals surface area contributed by atoms with Crippen LogP contribution in [0.3, 0.4) is 0 Å². The third-order valence-electron chi connectivity index (χ3n) is 5.76. The van der Waals surface area contributed by atoms with Crippen LogP contribution < -0.4 is 9.62 Å². The van der Waals surface area contributed by atoms with E-state index >= 15 is 0 Å². The molecule has 1 N–H and O–H groups in total. The Balaban J connectivity index is 2.05. The van der Waals surface area contributed by atoms with Gasteiger partial charge in [0.25, 0.3) is 10.0 Å². The maximum Gasteiger partial charge on any atom is 0.264 e. The van der Waals surface area contributed by atoms with E-state index < -0.39 is 28.5 Å². The summed E-state index contributed by atoms with van der Waals surface area (Å²) in [5, 5.41) is 3.61. The first kappa shape index (κ1) is 29.8. The summed E-state index contributed by atoms with van der Waals surface area (Å²) >= 11 is 18.7. The molecular weight excluding hydrogens is 569 g/mol. The van der Waals surface area contributed by atoms with E-state index in [0.717, 1.165) is 10.7 Å². The van der Waals surface area contributed by atoms with Crippen LogP contribution in [0.2, 0.25) is 15.1 Å². The molecule has 3 aromatic carbocycles. The Labute approximate surface area is 238 Å². The lowest BCUT2D eigenvalue weighted by atomic mass is 10.1. The average molecular weight is 597 g/mol. The van der Waals surface area contributed by atoms with Gasteiger partial charge < -0.3 is 10.2 Å². The zero-order valence-electron chi connectivity index (χ0n) is 20.9. The molecule has 0 fully saturated rings. The number of nitrogens with one attached hydrogen (secondary N) is 1. The average Bonchev–Trinajstić information content (AvgIpc) is 2.89. The first-order valence-electron chi connectivity index (χ1n) is 11.9. The Bertz CT molecular complexity index is 1370. The first-order chi connectivity index (χ1) is 18.0. The van der Waals surface area contributed by atoms with Gasteiger partial charge in [-0.3, -0.25) is 13.9 Å². The molecule has 3 rings (SSSR count). The summed E-state index contributed by atoms with van der Waals surface area (Å²) in [6.07, 6.45) is 0.718. The van der Waals surface area contributed by atoms with E-state index in [1.807, 2.05) is 6.92 Å². The normalized spacial score (nSPS) is 12.0. The van der Waals surface area contributed by atoms with Crippen LogP contribution in [-0.2, 0) is 26.2 Å². The predicted molar refractivity (Wildman–Crippen MR) is 152 cm³/mol. The van der Waals surface area contributed by atoms with Crippen molar-refractivity contribution in [1.82, 2.24) is 10.2 Å². The van der Waals surface area contributed by atoms with E-state index in [2.05, 4.69) is 5.32 Å². The van der Waals surface area contributed by atoms with Crippen molar-refractivity contribution in [3.8, 4) is 0 Å². The molecule has 2 amide bonds. The second-order valence-electron chi connectivity index (χ2n) is 8.53. The number of sulfonamides is 1. The van der Waals surface area contributed by atoms with E-state index in [9.17, 15) is 18.0 Å². The maximum absolute atomic E-state index is 13.8. The lowest BCUT2D eigenvalue weighted by Gasteiger charge is -2.32. The Morgan fingerprint density at radius 3 is 2.13 bits per heavy atom. The molecule has 0 bridgehead atoms. The van der Waals surface area contributed by atoms with Gasteiger partial charge >= 0.3 is 0 Å². The fourth-order valence-corrected chi connectivity index (χ4v) is 5.85. The smallest absolute Gasteiger partial charge is 0.264 e. The van der Waals surface area contributed by atoms with Crippen molar-refractivity contribution in [2.45, 2.75) is 37.8 Å². The number of halogens is 3. The van der Waals surface area contributed by atoms with Crippen molar-refractivity contribution in [1.29, 1.82) is 0 Å². The number of rotatable bonds is 11. The zero-order chi connectivity index (χ0) is 27.9. The van der Waals surface area contributed by atoms with Crippen LogP contribution in [0.25, 0.3) is 0 Å². The van der Waals surface area contributed by atoms with E-state index in [-0.39, 0.29) is 33.1 Å². The summed E-state index contributed by atoms with van der Waals surface area (Å²) in [6, 6.07) is 18.1. The molecule has 7 nitrogen and oxygen atoms in total. The molecule has 0 aliphatic carbocycles. The predicted octanol–water partition coefficient (Wildman–Crippen LogP) is 5.79. The summed E-state index contributed by atoms with van der Waals surface area (Å²) in [7, 11) is -4.22. The van der Waals surface area contributed by atoms with Gasteiger partial charge in [-0.1, -0.05) is 78.1 Å². The second-order valence-corrected chi connectivity index (χ2v) is 11.7. The Morgan fingerprint density at radius 2 is 1.53 bits per heavy atom. The number of hydrogen-bond acceptors (Lipinski definition) is 4. The highest BCUT2D eigenvalue weighted by Crippen LogP contribution is 2.30. The molecular formula is C27H28Cl3N3O4S. The third kappa shape index (κ3) is 7.41. The van der Waals surface area contributed by atoms with Crippen LogP contribution >= 0.6 is 34.8 Å². The van der Waals surface area contributed by atoms with Crippen LogP contribution in [0.1, 0.15) is 25.8 Å². The molecule has 0 aliphatic rings. The van der Waals surface area contributed by atoms with Crippen LogP contribution in [0.4, 0.5) is 5.69 Å². The van der Waals surface area contributed by atoms with Gasteiger partial charge in [-0.15, -0.1) is 0 Å².